The standard InChI is InChI=1S/C21H24ClN3O3/c22-17-2-4-18(5-3-17)24-9-11-25(12-10-24)21(26)16-1-6-20(23-15-16)28-19-7-13-27-14-8-19/h1-6,15,19H,7-14H2. The van der Waals surface area contributed by atoms with E-state index in [0.717, 1.165) is 49.9 Å². The molecule has 0 N–H and O–H groups in total. The second-order valence-corrected chi connectivity index (χ2v) is 7.51. The van der Waals surface area contributed by atoms with Crippen LogP contribution in [-0.4, -0.2) is 61.3 Å². The number of amides is 1. The predicted octanol–water partition coefficient (Wildman–Crippen LogP) is 3.26. The van der Waals surface area contributed by atoms with Crippen LogP contribution < -0.4 is 9.64 Å². The quantitative estimate of drug-likeness (QED) is 0.787. The van der Waals surface area contributed by atoms with Crippen molar-refractivity contribution in [3.8, 4) is 5.88 Å². The van der Waals surface area contributed by atoms with E-state index in [1.165, 1.54) is 0 Å². The summed E-state index contributed by atoms with van der Waals surface area (Å²) in [6.07, 6.45) is 3.51. The number of pyridine rings is 1. The third-order valence-electron chi connectivity index (χ3n) is 5.20. The first kappa shape index (κ1) is 19.0. The smallest absolute Gasteiger partial charge is 0.255 e. The molecule has 0 spiro atoms. The van der Waals surface area contributed by atoms with E-state index in [2.05, 4.69) is 9.88 Å². The molecule has 3 heterocycles. The van der Waals surface area contributed by atoms with Gasteiger partial charge in [0.2, 0.25) is 5.88 Å². The lowest BCUT2D eigenvalue weighted by molar-refractivity contribution is 0.0237. The second kappa shape index (κ2) is 8.80. The van der Waals surface area contributed by atoms with Gasteiger partial charge in [0.25, 0.3) is 5.91 Å². The van der Waals surface area contributed by atoms with Gasteiger partial charge in [0.05, 0.1) is 18.8 Å². The van der Waals surface area contributed by atoms with Crippen molar-refractivity contribution in [2.75, 3.05) is 44.3 Å². The van der Waals surface area contributed by atoms with Gasteiger partial charge in [0.1, 0.15) is 6.10 Å². The van der Waals surface area contributed by atoms with Crippen LogP contribution in [0.25, 0.3) is 0 Å². The van der Waals surface area contributed by atoms with Gasteiger partial charge in [0.15, 0.2) is 0 Å². The fourth-order valence-electron chi connectivity index (χ4n) is 3.54. The third-order valence-corrected chi connectivity index (χ3v) is 5.45. The van der Waals surface area contributed by atoms with E-state index in [1.807, 2.05) is 29.2 Å². The zero-order chi connectivity index (χ0) is 19.3. The number of carbonyl (C=O) groups is 1. The zero-order valence-corrected chi connectivity index (χ0v) is 16.5. The summed E-state index contributed by atoms with van der Waals surface area (Å²) in [5, 5.41) is 0.731. The molecule has 2 fully saturated rings. The van der Waals surface area contributed by atoms with Crippen LogP contribution >= 0.6 is 11.6 Å². The van der Waals surface area contributed by atoms with Crippen LogP contribution in [0.2, 0.25) is 5.02 Å². The van der Waals surface area contributed by atoms with E-state index in [4.69, 9.17) is 21.1 Å². The number of anilines is 1. The maximum absolute atomic E-state index is 12.8. The summed E-state index contributed by atoms with van der Waals surface area (Å²) in [7, 11) is 0. The summed E-state index contributed by atoms with van der Waals surface area (Å²) in [6.45, 7) is 4.41. The highest BCUT2D eigenvalue weighted by molar-refractivity contribution is 6.30. The molecule has 0 saturated carbocycles. The number of halogens is 1. The van der Waals surface area contributed by atoms with Crippen molar-refractivity contribution in [3.63, 3.8) is 0 Å². The number of aromatic nitrogens is 1. The van der Waals surface area contributed by atoms with Crippen LogP contribution in [0.5, 0.6) is 5.88 Å². The third kappa shape index (κ3) is 4.56. The number of piperazine rings is 1. The van der Waals surface area contributed by atoms with Crippen molar-refractivity contribution in [2.45, 2.75) is 18.9 Å². The topological polar surface area (TPSA) is 54.9 Å². The van der Waals surface area contributed by atoms with Crippen LogP contribution in [0.4, 0.5) is 5.69 Å². The molecule has 0 radical (unpaired) electrons. The minimum absolute atomic E-state index is 0.0147. The number of carbonyl (C=O) groups excluding carboxylic acids is 1. The van der Waals surface area contributed by atoms with Crippen LogP contribution in [0, 0.1) is 0 Å². The number of nitrogens with zero attached hydrogens (tertiary/aromatic N) is 3. The lowest BCUT2D eigenvalue weighted by Crippen LogP contribution is -2.48. The lowest BCUT2D eigenvalue weighted by Gasteiger charge is -2.36. The Bertz CT molecular complexity index is 784. The van der Waals surface area contributed by atoms with Crippen LogP contribution in [-0.2, 0) is 4.74 Å². The monoisotopic (exact) mass is 401 g/mol. The van der Waals surface area contributed by atoms with Gasteiger partial charge in [0, 0.05) is 62.0 Å². The highest BCUT2D eigenvalue weighted by Crippen LogP contribution is 2.21. The molecule has 2 aliphatic rings. The average molecular weight is 402 g/mol. The van der Waals surface area contributed by atoms with Gasteiger partial charge in [-0.2, -0.15) is 0 Å². The molecule has 7 heteroatoms. The SMILES string of the molecule is O=C(c1ccc(OC2CCOCC2)nc1)N1CCN(c2ccc(Cl)cc2)CC1. The largest absolute Gasteiger partial charge is 0.474 e. The Morgan fingerprint density at radius 1 is 1.04 bits per heavy atom. The highest BCUT2D eigenvalue weighted by Gasteiger charge is 2.23. The molecular weight excluding hydrogens is 378 g/mol. The summed E-state index contributed by atoms with van der Waals surface area (Å²) < 4.78 is 11.2. The molecule has 0 aliphatic carbocycles. The fourth-order valence-corrected chi connectivity index (χ4v) is 3.67. The second-order valence-electron chi connectivity index (χ2n) is 7.07. The Balaban J connectivity index is 1.31. The Kier molecular flexibility index (Phi) is 5.98. The van der Waals surface area contributed by atoms with Crippen LogP contribution in [0.1, 0.15) is 23.2 Å². The lowest BCUT2D eigenvalue weighted by atomic mass is 10.1. The van der Waals surface area contributed by atoms with Crippen molar-refractivity contribution in [1.29, 1.82) is 0 Å². The number of rotatable bonds is 4. The average Bonchev–Trinajstić information content (AvgIpc) is 2.75. The molecule has 2 aliphatic heterocycles. The first-order chi connectivity index (χ1) is 13.7. The highest BCUT2D eigenvalue weighted by atomic mass is 35.5. The fraction of sp³-hybridized carbons (Fsp3) is 0.429. The molecule has 0 unspecified atom stereocenters. The molecule has 0 atom stereocenters. The van der Waals surface area contributed by atoms with E-state index >= 15 is 0 Å². The molecule has 2 aromatic rings. The normalized spacial score (nSPS) is 18.2. The number of ether oxygens (including phenoxy) is 2. The molecule has 4 rings (SSSR count). The maximum Gasteiger partial charge on any atom is 0.255 e. The summed E-state index contributed by atoms with van der Waals surface area (Å²) >= 11 is 5.96. The Labute approximate surface area is 170 Å². The Morgan fingerprint density at radius 2 is 1.75 bits per heavy atom. The van der Waals surface area contributed by atoms with Crippen molar-refractivity contribution in [2.24, 2.45) is 0 Å². The van der Waals surface area contributed by atoms with Crippen molar-refractivity contribution in [3.05, 3.63) is 53.2 Å². The van der Waals surface area contributed by atoms with Gasteiger partial charge in [-0.3, -0.25) is 4.79 Å². The van der Waals surface area contributed by atoms with Gasteiger partial charge >= 0.3 is 0 Å². The van der Waals surface area contributed by atoms with Gasteiger partial charge in [-0.1, -0.05) is 11.6 Å². The van der Waals surface area contributed by atoms with Gasteiger partial charge < -0.3 is 19.3 Å². The molecule has 2 saturated heterocycles. The van der Waals surface area contributed by atoms with Crippen molar-refractivity contribution >= 4 is 23.2 Å². The van der Waals surface area contributed by atoms with Gasteiger partial charge in [-0.15, -0.1) is 0 Å². The van der Waals surface area contributed by atoms with Crippen molar-refractivity contribution < 1.29 is 14.3 Å². The molecule has 1 amide bonds. The molecule has 1 aromatic carbocycles. The van der Waals surface area contributed by atoms with Crippen LogP contribution in [0.3, 0.4) is 0 Å². The number of benzene rings is 1. The zero-order valence-electron chi connectivity index (χ0n) is 15.7. The molecule has 28 heavy (non-hydrogen) atoms. The first-order valence-corrected chi connectivity index (χ1v) is 10.1. The summed E-state index contributed by atoms with van der Waals surface area (Å²) in [5.41, 5.74) is 1.73. The Hall–Kier alpha value is -2.31. The van der Waals surface area contributed by atoms with Crippen LogP contribution in [0.15, 0.2) is 42.6 Å². The van der Waals surface area contributed by atoms with E-state index < -0.39 is 0 Å². The molecule has 6 nitrogen and oxygen atoms in total. The summed E-state index contributed by atoms with van der Waals surface area (Å²) in [5.74, 6) is 0.580. The molecule has 0 bridgehead atoms. The number of hydrogen-bond acceptors (Lipinski definition) is 5. The molecule has 148 valence electrons. The van der Waals surface area contributed by atoms with Gasteiger partial charge in [-0.05, 0) is 30.3 Å². The minimum atomic E-state index is 0.0147. The van der Waals surface area contributed by atoms with E-state index in [1.54, 1.807) is 18.3 Å². The summed E-state index contributed by atoms with van der Waals surface area (Å²) in [6, 6.07) is 11.4. The predicted molar refractivity (Wildman–Crippen MR) is 108 cm³/mol. The number of hydrogen-bond donors (Lipinski definition) is 0. The Morgan fingerprint density at radius 3 is 2.39 bits per heavy atom. The minimum Gasteiger partial charge on any atom is -0.474 e. The van der Waals surface area contributed by atoms with E-state index in [9.17, 15) is 4.79 Å². The van der Waals surface area contributed by atoms with Crippen molar-refractivity contribution in [1.82, 2.24) is 9.88 Å². The maximum atomic E-state index is 12.8. The molecular formula is C21H24ClN3O3. The van der Waals surface area contributed by atoms with E-state index in [-0.39, 0.29) is 12.0 Å². The summed E-state index contributed by atoms with van der Waals surface area (Å²) in [4.78, 5) is 21.3. The molecule has 1 aromatic heterocycles. The first-order valence-electron chi connectivity index (χ1n) is 9.69. The van der Waals surface area contributed by atoms with E-state index in [0.29, 0.717) is 24.5 Å². The van der Waals surface area contributed by atoms with Gasteiger partial charge in [-0.25, -0.2) is 4.98 Å².